The number of halogens is 1. The van der Waals surface area contributed by atoms with Crippen LogP contribution >= 0.6 is 15.9 Å². The largest absolute Gasteiger partial charge is 0.276 e. The molecular weight excluding hydrogens is 390 g/mol. The highest BCUT2D eigenvalue weighted by atomic mass is 79.9. The second-order valence-electron chi connectivity index (χ2n) is 4.33. The Morgan fingerprint density at radius 1 is 1.52 bits per heavy atom. The molecule has 0 unspecified atom stereocenters. The Hall–Kier alpha value is -2.27. The molecule has 0 aliphatic carbocycles. The second kappa shape index (κ2) is 6.87. The summed E-state index contributed by atoms with van der Waals surface area (Å²) in [6.07, 6.45) is 2.97. The molecule has 0 atom stereocenters. The Bertz CT molecular complexity index is 862. The van der Waals surface area contributed by atoms with Gasteiger partial charge in [0.25, 0.3) is 15.7 Å². The van der Waals surface area contributed by atoms with Crippen LogP contribution in [0.2, 0.25) is 0 Å². The van der Waals surface area contributed by atoms with Crippen LogP contribution in [0.5, 0.6) is 0 Å². The molecule has 2 rings (SSSR count). The quantitative estimate of drug-likeness (QED) is 0.450. The Balaban J connectivity index is 2.18. The van der Waals surface area contributed by atoms with Gasteiger partial charge in [0.2, 0.25) is 0 Å². The number of aromatic nitrogens is 2. The van der Waals surface area contributed by atoms with Gasteiger partial charge in [0.05, 0.1) is 20.5 Å². The van der Waals surface area contributed by atoms with Crippen LogP contribution in [0.3, 0.4) is 0 Å². The molecule has 11 heteroatoms. The van der Waals surface area contributed by atoms with Crippen molar-refractivity contribution in [3.8, 4) is 0 Å². The summed E-state index contributed by atoms with van der Waals surface area (Å²) in [5.41, 5.74) is 0.134. The predicted octanol–water partition coefficient (Wildman–Crippen LogP) is 1.89. The van der Waals surface area contributed by atoms with Crippen LogP contribution in [0.4, 0.5) is 5.69 Å². The molecule has 0 spiro atoms. The fourth-order valence-corrected chi connectivity index (χ4v) is 2.88. The van der Waals surface area contributed by atoms with Crippen molar-refractivity contribution in [2.24, 2.45) is 5.10 Å². The summed E-state index contributed by atoms with van der Waals surface area (Å²) in [6.45, 7) is 2.57. The Morgan fingerprint density at radius 3 is 2.87 bits per heavy atom. The lowest BCUT2D eigenvalue weighted by Crippen LogP contribution is -2.18. The maximum absolute atomic E-state index is 12.1. The molecule has 0 aliphatic heterocycles. The number of benzene rings is 1. The highest BCUT2D eigenvalue weighted by Gasteiger charge is 2.16. The van der Waals surface area contributed by atoms with Gasteiger partial charge in [-0.2, -0.15) is 23.4 Å². The summed E-state index contributed by atoms with van der Waals surface area (Å²) in [7, 11) is -4.00. The number of nitrogens with one attached hydrogen (secondary N) is 1. The molecule has 1 aromatic heterocycles. The number of non-ortho nitro benzene ring substituents is 1. The van der Waals surface area contributed by atoms with Crippen molar-refractivity contribution in [2.75, 3.05) is 0 Å². The van der Waals surface area contributed by atoms with Crippen molar-refractivity contribution in [2.45, 2.75) is 18.4 Å². The minimum absolute atomic E-state index is 0.248. The van der Waals surface area contributed by atoms with E-state index in [-0.39, 0.29) is 10.6 Å². The van der Waals surface area contributed by atoms with Crippen LogP contribution in [0.1, 0.15) is 12.6 Å². The van der Waals surface area contributed by atoms with Gasteiger partial charge in [-0.3, -0.25) is 14.8 Å². The topological polar surface area (TPSA) is 119 Å². The van der Waals surface area contributed by atoms with Crippen LogP contribution in [-0.4, -0.2) is 29.3 Å². The monoisotopic (exact) mass is 401 g/mol. The van der Waals surface area contributed by atoms with Crippen molar-refractivity contribution < 1.29 is 13.3 Å². The lowest BCUT2D eigenvalue weighted by molar-refractivity contribution is -0.385. The van der Waals surface area contributed by atoms with E-state index in [9.17, 15) is 18.5 Å². The highest BCUT2D eigenvalue weighted by Crippen LogP contribution is 2.17. The zero-order valence-electron chi connectivity index (χ0n) is 11.9. The third kappa shape index (κ3) is 4.13. The van der Waals surface area contributed by atoms with Crippen LogP contribution in [0.15, 0.2) is 44.9 Å². The molecule has 0 amide bonds. The van der Waals surface area contributed by atoms with Crippen LogP contribution < -0.4 is 4.83 Å². The molecule has 0 aliphatic rings. The maximum atomic E-state index is 12.1. The molecule has 0 saturated heterocycles. The fourth-order valence-electron chi connectivity index (χ4n) is 1.64. The van der Waals surface area contributed by atoms with Crippen molar-refractivity contribution >= 4 is 37.9 Å². The van der Waals surface area contributed by atoms with E-state index in [4.69, 9.17) is 0 Å². The lowest BCUT2D eigenvalue weighted by atomic mass is 10.3. The molecule has 23 heavy (non-hydrogen) atoms. The average molecular weight is 402 g/mol. The van der Waals surface area contributed by atoms with Crippen LogP contribution in [-0.2, 0) is 16.6 Å². The molecule has 0 radical (unpaired) electrons. The summed E-state index contributed by atoms with van der Waals surface area (Å²) >= 11 is 3.28. The summed E-state index contributed by atoms with van der Waals surface area (Å²) in [6, 6.07) is 4.69. The smallest absolute Gasteiger partial charge is 0.271 e. The zero-order chi connectivity index (χ0) is 17.0. The summed E-state index contributed by atoms with van der Waals surface area (Å²) in [5, 5.41) is 18.5. The Morgan fingerprint density at radius 2 is 2.26 bits per heavy atom. The number of sulfonamides is 1. The average Bonchev–Trinajstić information content (AvgIpc) is 2.88. The molecule has 1 N–H and O–H groups in total. The molecule has 9 nitrogen and oxygen atoms in total. The molecule has 0 bridgehead atoms. The molecule has 2 aromatic rings. The number of hydrogen-bond acceptors (Lipinski definition) is 6. The van der Waals surface area contributed by atoms with E-state index >= 15 is 0 Å². The van der Waals surface area contributed by atoms with E-state index in [0.29, 0.717) is 16.7 Å². The SMILES string of the molecule is CCn1cc(Br)c(C=NNS(=O)(=O)c2cccc([N+](=O)[O-])c2)n1. The van der Waals surface area contributed by atoms with E-state index in [1.807, 2.05) is 11.8 Å². The molecule has 1 heterocycles. The van der Waals surface area contributed by atoms with Gasteiger partial charge in [0.1, 0.15) is 5.69 Å². The summed E-state index contributed by atoms with van der Waals surface area (Å²) < 4.78 is 26.4. The van der Waals surface area contributed by atoms with E-state index < -0.39 is 14.9 Å². The first kappa shape index (κ1) is 17.1. The lowest BCUT2D eigenvalue weighted by Gasteiger charge is -2.02. The number of nitrogens with zero attached hydrogens (tertiary/aromatic N) is 4. The first-order valence-electron chi connectivity index (χ1n) is 6.35. The highest BCUT2D eigenvalue weighted by molar-refractivity contribution is 9.10. The van der Waals surface area contributed by atoms with Gasteiger partial charge in [0.15, 0.2) is 0 Å². The summed E-state index contributed by atoms with van der Waals surface area (Å²) in [5.74, 6) is 0. The molecule has 1 aromatic carbocycles. The van der Waals surface area contributed by atoms with E-state index in [1.165, 1.54) is 24.4 Å². The van der Waals surface area contributed by atoms with Gasteiger partial charge >= 0.3 is 0 Å². The summed E-state index contributed by atoms with van der Waals surface area (Å²) in [4.78, 5) is 11.8. The van der Waals surface area contributed by atoms with Crippen molar-refractivity contribution in [1.82, 2.24) is 14.6 Å². The van der Waals surface area contributed by atoms with Crippen LogP contribution in [0.25, 0.3) is 0 Å². The minimum Gasteiger partial charge on any atom is -0.271 e. The minimum atomic E-state index is -4.00. The number of nitro benzene ring substituents is 1. The normalized spacial score (nSPS) is 11.7. The first-order chi connectivity index (χ1) is 10.8. The number of hydrogen-bond donors (Lipinski definition) is 1. The molecular formula is C12H12BrN5O4S. The van der Waals surface area contributed by atoms with Gasteiger partial charge in [-0.15, -0.1) is 0 Å². The molecule has 122 valence electrons. The van der Waals surface area contributed by atoms with Crippen LogP contribution in [0, 0.1) is 10.1 Å². The van der Waals surface area contributed by atoms with Gasteiger partial charge in [-0.1, -0.05) is 6.07 Å². The maximum Gasteiger partial charge on any atom is 0.276 e. The zero-order valence-corrected chi connectivity index (χ0v) is 14.3. The number of rotatable bonds is 6. The van der Waals surface area contributed by atoms with E-state index in [0.717, 1.165) is 6.07 Å². The number of nitro groups is 1. The van der Waals surface area contributed by atoms with Gasteiger partial charge in [-0.25, -0.2) is 0 Å². The van der Waals surface area contributed by atoms with Crippen molar-refractivity contribution in [1.29, 1.82) is 0 Å². The van der Waals surface area contributed by atoms with Gasteiger partial charge in [0, 0.05) is 24.9 Å². The van der Waals surface area contributed by atoms with Crippen molar-refractivity contribution in [3.63, 3.8) is 0 Å². The van der Waals surface area contributed by atoms with Crippen molar-refractivity contribution in [3.05, 3.63) is 50.7 Å². The third-order valence-electron chi connectivity index (χ3n) is 2.77. The van der Waals surface area contributed by atoms with Gasteiger partial charge in [-0.05, 0) is 28.9 Å². The molecule has 0 fully saturated rings. The fraction of sp³-hybridized carbons (Fsp3) is 0.167. The van der Waals surface area contributed by atoms with E-state index in [2.05, 4.69) is 26.1 Å². The number of aryl methyl sites for hydroxylation is 1. The second-order valence-corrected chi connectivity index (χ2v) is 6.84. The standard InChI is InChI=1S/C12H12BrN5O4S/c1-2-17-8-11(13)12(15-17)7-14-16-23(21,22)10-5-3-4-9(6-10)18(19)20/h3-8,16H,2H2,1H3. The Labute approximate surface area is 140 Å². The third-order valence-corrected chi connectivity index (χ3v) is 4.60. The number of hydrazone groups is 1. The molecule has 0 saturated carbocycles. The predicted molar refractivity (Wildman–Crippen MR) is 86.6 cm³/mol. The van der Waals surface area contributed by atoms with Gasteiger partial charge < -0.3 is 0 Å². The first-order valence-corrected chi connectivity index (χ1v) is 8.63. The Kier molecular flexibility index (Phi) is 5.11. The van der Waals surface area contributed by atoms with E-state index in [1.54, 1.807) is 10.9 Å².